The molecule has 0 saturated heterocycles. The van der Waals surface area contributed by atoms with Gasteiger partial charge in [0.25, 0.3) is 5.91 Å². The number of carbonyl (C=O) groups excluding carboxylic acids is 1. The van der Waals surface area contributed by atoms with Crippen LogP contribution >= 0.6 is 11.3 Å². The van der Waals surface area contributed by atoms with Crippen molar-refractivity contribution in [2.45, 2.75) is 6.92 Å². The van der Waals surface area contributed by atoms with Crippen molar-refractivity contribution in [1.29, 1.82) is 5.26 Å². The zero-order valence-electron chi connectivity index (χ0n) is 13.6. The first-order valence-electron chi connectivity index (χ1n) is 7.45. The Morgan fingerprint density at radius 3 is 2.81 bits per heavy atom. The fourth-order valence-corrected chi connectivity index (χ4v) is 2.89. The van der Waals surface area contributed by atoms with Crippen molar-refractivity contribution < 1.29 is 9.18 Å². The van der Waals surface area contributed by atoms with Crippen LogP contribution in [0.3, 0.4) is 0 Å². The predicted octanol–water partition coefficient (Wildman–Crippen LogP) is 2.58. The number of hydrogen-bond acceptors (Lipinski definition) is 6. The van der Waals surface area contributed by atoms with Crippen LogP contribution in [-0.4, -0.2) is 20.4 Å². The Labute approximate surface area is 152 Å². The summed E-state index contributed by atoms with van der Waals surface area (Å²) in [5.74, 6) is -0.830. The van der Waals surface area contributed by atoms with Crippen LogP contribution in [0.2, 0.25) is 0 Å². The second-order valence-corrected chi connectivity index (χ2v) is 6.05. The normalized spacial score (nSPS) is 11.0. The van der Waals surface area contributed by atoms with Gasteiger partial charge in [-0.2, -0.15) is 5.26 Å². The number of hydrazine groups is 1. The number of carbonyl (C=O) groups is 1. The number of rotatable bonds is 5. The third kappa shape index (κ3) is 3.76. The van der Waals surface area contributed by atoms with Gasteiger partial charge >= 0.3 is 0 Å². The maximum atomic E-state index is 13.1. The molecule has 0 spiro atoms. The fraction of sp³-hybridized carbons (Fsp3) is 0.0588. The zero-order chi connectivity index (χ0) is 18.5. The number of hydrogen-bond donors (Lipinski definition) is 2. The van der Waals surface area contributed by atoms with Crippen LogP contribution < -0.4 is 10.9 Å². The lowest BCUT2D eigenvalue weighted by molar-refractivity contribution is 0.0934. The number of imidazole rings is 1. The molecule has 0 aliphatic rings. The summed E-state index contributed by atoms with van der Waals surface area (Å²) in [7, 11) is 0. The molecule has 130 valence electrons. The molecular formula is C17H13FN6OS. The second-order valence-electron chi connectivity index (χ2n) is 5.19. The van der Waals surface area contributed by atoms with Gasteiger partial charge in [-0.1, -0.05) is 0 Å². The van der Waals surface area contributed by atoms with Crippen LogP contribution in [0.5, 0.6) is 0 Å². The number of aryl methyl sites for hydroxylation is 1. The van der Waals surface area contributed by atoms with Gasteiger partial charge in [-0.25, -0.2) is 14.4 Å². The Kier molecular flexibility index (Phi) is 5.05. The van der Waals surface area contributed by atoms with Gasteiger partial charge in [0.1, 0.15) is 28.2 Å². The van der Waals surface area contributed by atoms with Crippen molar-refractivity contribution in [3.8, 4) is 11.8 Å². The molecule has 2 heterocycles. The van der Waals surface area contributed by atoms with Crippen molar-refractivity contribution in [2.24, 2.45) is 0 Å². The monoisotopic (exact) mass is 368 g/mol. The van der Waals surface area contributed by atoms with E-state index in [1.807, 2.05) is 18.4 Å². The van der Waals surface area contributed by atoms with E-state index in [4.69, 9.17) is 0 Å². The van der Waals surface area contributed by atoms with E-state index in [2.05, 4.69) is 20.8 Å². The molecule has 0 atom stereocenters. The molecule has 0 radical (unpaired) electrons. The number of amides is 1. The van der Waals surface area contributed by atoms with E-state index < -0.39 is 5.91 Å². The molecule has 0 bridgehead atoms. The summed E-state index contributed by atoms with van der Waals surface area (Å²) in [4.78, 5) is 20.5. The van der Waals surface area contributed by atoms with Gasteiger partial charge in [-0.15, -0.1) is 11.3 Å². The molecule has 0 aliphatic carbocycles. The quantitative estimate of drug-likeness (QED) is 0.533. The number of nitrogens with zero attached hydrogens (tertiary/aromatic N) is 4. The molecule has 1 aromatic carbocycles. The summed E-state index contributed by atoms with van der Waals surface area (Å²) < 4.78 is 14.6. The average molecular weight is 368 g/mol. The first-order valence-corrected chi connectivity index (χ1v) is 8.33. The molecule has 3 aromatic rings. The molecule has 2 aromatic heterocycles. The van der Waals surface area contributed by atoms with Crippen LogP contribution in [0.25, 0.3) is 11.3 Å². The van der Waals surface area contributed by atoms with Crippen molar-refractivity contribution in [1.82, 2.24) is 25.4 Å². The largest absolute Gasteiger partial charge is 0.304 e. The van der Waals surface area contributed by atoms with Crippen molar-refractivity contribution in [2.75, 3.05) is 0 Å². The van der Waals surface area contributed by atoms with Gasteiger partial charge in [-0.3, -0.25) is 14.8 Å². The van der Waals surface area contributed by atoms with Crippen molar-refractivity contribution in [3.05, 3.63) is 70.6 Å². The number of nitriles is 1. The van der Waals surface area contributed by atoms with E-state index in [0.717, 1.165) is 5.69 Å². The molecule has 7 nitrogen and oxygen atoms in total. The number of benzene rings is 1. The Bertz CT molecular complexity index is 999. The fourth-order valence-electron chi connectivity index (χ4n) is 2.13. The summed E-state index contributed by atoms with van der Waals surface area (Å²) in [5, 5.41) is 11.6. The van der Waals surface area contributed by atoms with Gasteiger partial charge in [-0.05, 0) is 31.2 Å². The molecule has 9 heteroatoms. The Morgan fingerprint density at radius 2 is 2.15 bits per heavy atom. The predicted molar refractivity (Wildman–Crippen MR) is 94.6 cm³/mol. The summed E-state index contributed by atoms with van der Waals surface area (Å²) in [6.07, 6.45) is 4.21. The smallest absolute Gasteiger partial charge is 0.288 e. The molecule has 3 rings (SSSR count). The number of halogens is 1. The maximum absolute atomic E-state index is 13.1. The molecule has 2 N–H and O–H groups in total. The third-order valence-electron chi connectivity index (χ3n) is 3.35. The highest BCUT2D eigenvalue weighted by atomic mass is 32.1. The zero-order valence-corrected chi connectivity index (χ0v) is 14.4. The van der Waals surface area contributed by atoms with E-state index >= 15 is 0 Å². The second kappa shape index (κ2) is 7.58. The van der Waals surface area contributed by atoms with Crippen LogP contribution in [0, 0.1) is 24.1 Å². The molecule has 0 fully saturated rings. The van der Waals surface area contributed by atoms with Gasteiger partial charge < -0.3 is 5.43 Å². The number of nitrogens with one attached hydrogen (secondary N) is 2. The lowest BCUT2D eigenvalue weighted by Crippen LogP contribution is -2.34. The summed E-state index contributed by atoms with van der Waals surface area (Å²) in [6, 6.07) is 7.71. The SMILES string of the molecule is Cc1csc(/C(C#N)=C/NNC(=O)c2cncn2-c2ccc(F)cc2)n1. The summed E-state index contributed by atoms with van der Waals surface area (Å²) in [5.41, 5.74) is 7.04. The minimum Gasteiger partial charge on any atom is -0.304 e. The molecule has 0 unspecified atom stereocenters. The third-order valence-corrected chi connectivity index (χ3v) is 4.34. The van der Waals surface area contributed by atoms with Crippen LogP contribution in [0.1, 0.15) is 21.2 Å². The van der Waals surface area contributed by atoms with Crippen LogP contribution in [0.15, 0.2) is 48.4 Å². The van der Waals surface area contributed by atoms with Gasteiger partial charge in [0.2, 0.25) is 0 Å². The van der Waals surface area contributed by atoms with Crippen LogP contribution in [-0.2, 0) is 0 Å². The highest BCUT2D eigenvalue weighted by molar-refractivity contribution is 7.10. The maximum Gasteiger partial charge on any atom is 0.288 e. The van der Waals surface area contributed by atoms with E-state index in [-0.39, 0.29) is 11.5 Å². The average Bonchev–Trinajstić information content (AvgIpc) is 3.28. The Morgan fingerprint density at radius 1 is 1.38 bits per heavy atom. The Balaban J connectivity index is 1.71. The van der Waals surface area contributed by atoms with Gasteiger partial charge in [0.15, 0.2) is 0 Å². The first-order chi connectivity index (χ1) is 12.6. The summed E-state index contributed by atoms with van der Waals surface area (Å²) >= 11 is 1.34. The standard InChI is InChI=1S/C17H13FN6OS/c1-11-9-26-17(22-11)12(6-19)7-21-23-16(25)15-8-20-10-24(15)14-4-2-13(18)3-5-14/h2-5,7-10,21H,1H3,(H,23,25)/b12-7+. The number of allylic oxidation sites excluding steroid dienone is 1. The van der Waals surface area contributed by atoms with E-state index in [1.54, 1.807) is 12.1 Å². The summed E-state index contributed by atoms with van der Waals surface area (Å²) in [6.45, 7) is 1.83. The topological polar surface area (TPSA) is 95.6 Å². The molecule has 0 aliphatic heterocycles. The first kappa shape index (κ1) is 17.3. The molecule has 26 heavy (non-hydrogen) atoms. The van der Waals surface area contributed by atoms with Gasteiger partial charge in [0, 0.05) is 23.0 Å². The number of aromatic nitrogens is 3. The van der Waals surface area contributed by atoms with Crippen molar-refractivity contribution >= 4 is 22.8 Å². The van der Waals surface area contributed by atoms with Crippen molar-refractivity contribution in [3.63, 3.8) is 0 Å². The number of thiazole rings is 1. The Hall–Kier alpha value is -3.51. The van der Waals surface area contributed by atoms with E-state index in [1.165, 1.54) is 46.8 Å². The molecule has 1 amide bonds. The lowest BCUT2D eigenvalue weighted by Gasteiger charge is -2.09. The van der Waals surface area contributed by atoms with E-state index in [9.17, 15) is 14.4 Å². The van der Waals surface area contributed by atoms with Crippen LogP contribution in [0.4, 0.5) is 4.39 Å². The minimum absolute atomic E-state index is 0.251. The molecule has 0 saturated carbocycles. The lowest BCUT2D eigenvalue weighted by atomic mass is 10.3. The minimum atomic E-state index is -0.462. The van der Waals surface area contributed by atoms with Gasteiger partial charge in [0.05, 0.1) is 12.5 Å². The van der Waals surface area contributed by atoms with E-state index in [0.29, 0.717) is 16.3 Å². The highest BCUT2D eigenvalue weighted by Crippen LogP contribution is 2.17. The highest BCUT2D eigenvalue weighted by Gasteiger charge is 2.13. The molecular weight excluding hydrogens is 355 g/mol.